The summed E-state index contributed by atoms with van der Waals surface area (Å²) < 4.78 is 0.976. The molecule has 0 atom stereocenters. The fraction of sp³-hybridized carbons (Fsp3) is 0.111. The first kappa shape index (κ1) is 10.2. The van der Waals surface area contributed by atoms with E-state index in [0.717, 1.165) is 10.1 Å². The lowest BCUT2D eigenvalue weighted by Crippen LogP contribution is -1.93. The number of rotatable bonds is 3. The Labute approximate surface area is 101 Å². The summed E-state index contributed by atoms with van der Waals surface area (Å²) in [6.45, 7) is 0. The molecule has 0 saturated carbocycles. The van der Waals surface area contributed by atoms with Crippen molar-refractivity contribution in [1.82, 2.24) is 15.2 Å². The van der Waals surface area contributed by atoms with Gasteiger partial charge in [-0.15, -0.1) is 5.10 Å². The first-order chi connectivity index (χ1) is 7.28. The number of hydrogen-bond donors (Lipinski definition) is 3. The van der Waals surface area contributed by atoms with Crippen molar-refractivity contribution >= 4 is 40.2 Å². The third-order valence-corrected chi connectivity index (χ3v) is 2.72. The quantitative estimate of drug-likeness (QED) is 0.598. The maximum absolute atomic E-state index is 5.42. The van der Waals surface area contributed by atoms with E-state index in [-0.39, 0.29) is 0 Å². The average Bonchev–Trinajstić information content (AvgIpc) is 2.64. The van der Waals surface area contributed by atoms with Gasteiger partial charge in [-0.3, -0.25) is 0 Å². The predicted molar refractivity (Wildman–Crippen MR) is 68.2 cm³/mol. The standard InChI is InChI=1S/C9H10IN5/c10-5-6-2-1-3-7(4-6)12-9-13-8(11)14-15-9/h1-4H,5H2,(H4,11,12,13,14,15). The van der Waals surface area contributed by atoms with Crippen LogP contribution in [0.2, 0.25) is 0 Å². The highest BCUT2D eigenvalue weighted by Crippen LogP contribution is 2.16. The average molecular weight is 315 g/mol. The molecule has 2 aromatic rings. The summed E-state index contributed by atoms with van der Waals surface area (Å²) in [5.74, 6) is 0.792. The fourth-order valence-corrected chi connectivity index (χ4v) is 1.67. The Hall–Kier alpha value is -1.31. The Kier molecular flexibility index (Phi) is 3.05. The van der Waals surface area contributed by atoms with Gasteiger partial charge in [-0.25, -0.2) is 5.10 Å². The number of nitrogen functional groups attached to an aromatic ring is 1. The molecule has 4 N–H and O–H groups in total. The minimum absolute atomic E-state index is 0.308. The highest BCUT2D eigenvalue weighted by Gasteiger charge is 2.00. The molecule has 1 aromatic carbocycles. The number of anilines is 3. The summed E-state index contributed by atoms with van der Waals surface area (Å²) in [6.07, 6.45) is 0. The van der Waals surface area contributed by atoms with E-state index in [2.05, 4.69) is 55.2 Å². The normalized spacial score (nSPS) is 10.2. The number of benzene rings is 1. The highest BCUT2D eigenvalue weighted by atomic mass is 127. The van der Waals surface area contributed by atoms with Crippen LogP contribution in [-0.4, -0.2) is 15.2 Å². The second-order valence-electron chi connectivity index (χ2n) is 3.00. The summed E-state index contributed by atoms with van der Waals surface area (Å²) in [5.41, 5.74) is 7.63. The third-order valence-electron chi connectivity index (χ3n) is 1.84. The van der Waals surface area contributed by atoms with Crippen LogP contribution in [0.1, 0.15) is 5.56 Å². The van der Waals surface area contributed by atoms with E-state index in [9.17, 15) is 0 Å². The molecule has 0 fully saturated rings. The van der Waals surface area contributed by atoms with Gasteiger partial charge >= 0.3 is 0 Å². The molecular weight excluding hydrogens is 305 g/mol. The van der Waals surface area contributed by atoms with Crippen LogP contribution in [0.15, 0.2) is 24.3 Å². The molecule has 1 heterocycles. The van der Waals surface area contributed by atoms with E-state index >= 15 is 0 Å². The molecule has 5 nitrogen and oxygen atoms in total. The molecule has 0 aliphatic carbocycles. The van der Waals surface area contributed by atoms with E-state index in [4.69, 9.17) is 5.73 Å². The molecular formula is C9H10IN5. The SMILES string of the molecule is Nc1nc(Nc2cccc(CI)c2)n[nH]1. The number of hydrogen-bond acceptors (Lipinski definition) is 4. The highest BCUT2D eigenvalue weighted by molar-refractivity contribution is 14.1. The topological polar surface area (TPSA) is 79.6 Å². The van der Waals surface area contributed by atoms with Crippen molar-refractivity contribution in [3.05, 3.63) is 29.8 Å². The Morgan fingerprint density at radius 3 is 3.00 bits per heavy atom. The number of aromatic nitrogens is 3. The molecule has 0 aliphatic heterocycles. The molecule has 15 heavy (non-hydrogen) atoms. The first-order valence-corrected chi connectivity index (χ1v) is 5.90. The van der Waals surface area contributed by atoms with Gasteiger partial charge in [0, 0.05) is 10.1 Å². The fourth-order valence-electron chi connectivity index (χ4n) is 1.19. The van der Waals surface area contributed by atoms with Gasteiger partial charge in [0.15, 0.2) is 0 Å². The van der Waals surface area contributed by atoms with Crippen LogP contribution in [-0.2, 0) is 4.43 Å². The zero-order valence-corrected chi connectivity index (χ0v) is 10.0. The Bertz CT molecular complexity index is 453. The molecule has 0 spiro atoms. The zero-order chi connectivity index (χ0) is 10.7. The number of aromatic amines is 1. The van der Waals surface area contributed by atoms with Gasteiger partial charge in [0.05, 0.1) is 0 Å². The van der Waals surface area contributed by atoms with Crippen LogP contribution >= 0.6 is 22.6 Å². The van der Waals surface area contributed by atoms with Crippen molar-refractivity contribution in [2.75, 3.05) is 11.1 Å². The van der Waals surface area contributed by atoms with Crippen molar-refractivity contribution in [2.24, 2.45) is 0 Å². The second kappa shape index (κ2) is 4.47. The van der Waals surface area contributed by atoms with Gasteiger partial charge in [-0.05, 0) is 17.7 Å². The molecule has 0 radical (unpaired) electrons. The van der Waals surface area contributed by atoms with Gasteiger partial charge in [-0.2, -0.15) is 4.98 Å². The van der Waals surface area contributed by atoms with Gasteiger partial charge in [0.1, 0.15) is 0 Å². The number of H-pyrrole nitrogens is 1. The second-order valence-corrected chi connectivity index (χ2v) is 3.77. The molecule has 6 heteroatoms. The van der Waals surface area contributed by atoms with Crippen molar-refractivity contribution in [3.8, 4) is 0 Å². The van der Waals surface area contributed by atoms with E-state index in [1.807, 2.05) is 12.1 Å². The van der Waals surface area contributed by atoms with Crippen LogP contribution in [0, 0.1) is 0 Å². The van der Waals surface area contributed by atoms with Gasteiger partial charge < -0.3 is 11.1 Å². The van der Waals surface area contributed by atoms with Crippen LogP contribution in [0.4, 0.5) is 17.6 Å². The summed E-state index contributed by atoms with van der Waals surface area (Å²) in [7, 11) is 0. The van der Waals surface area contributed by atoms with Crippen LogP contribution in [0.25, 0.3) is 0 Å². The van der Waals surface area contributed by atoms with Gasteiger partial charge in [0.2, 0.25) is 11.9 Å². The lowest BCUT2D eigenvalue weighted by Gasteiger charge is -2.02. The lowest BCUT2D eigenvalue weighted by atomic mass is 10.2. The Morgan fingerprint density at radius 1 is 1.47 bits per heavy atom. The monoisotopic (exact) mass is 315 g/mol. The molecule has 0 amide bonds. The van der Waals surface area contributed by atoms with Gasteiger partial charge in [0.25, 0.3) is 0 Å². The van der Waals surface area contributed by atoms with Crippen molar-refractivity contribution in [3.63, 3.8) is 0 Å². The van der Waals surface area contributed by atoms with E-state index in [1.54, 1.807) is 0 Å². The largest absolute Gasteiger partial charge is 0.368 e. The summed E-state index contributed by atoms with van der Waals surface area (Å²) in [5, 5.41) is 9.53. The van der Waals surface area contributed by atoms with E-state index < -0.39 is 0 Å². The Balaban J connectivity index is 2.16. The number of nitrogens with one attached hydrogen (secondary N) is 2. The smallest absolute Gasteiger partial charge is 0.248 e. The van der Waals surface area contributed by atoms with Crippen LogP contribution in [0.5, 0.6) is 0 Å². The molecule has 0 unspecified atom stereocenters. The molecule has 2 rings (SSSR count). The van der Waals surface area contributed by atoms with Crippen molar-refractivity contribution in [2.45, 2.75) is 4.43 Å². The van der Waals surface area contributed by atoms with Gasteiger partial charge in [-0.1, -0.05) is 34.7 Å². The van der Waals surface area contributed by atoms with Crippen LogP contribution in [0.3, 0.4) is 0 Å². The predicted octanol–water partition coefficient (Wildman–Crippen LogP) is 2.07. The van der Waals surface area contributed by atoms with Crippen molar-refractivity contribution < 1.29 is 0 Å². The number of alkyl halides is 1. The minimum atomic E-state index is 0.308. The maximum atomic E-state index is 5.42. The zero-order valence-electron chi connectivity index (χ0n) is 7.87. The lowest BCUT2D eigenvalue weighted by molar-refractivity contribution is 1.10. The third kappa shape index (κ3) is 2.58. The number of nitrogens with zero attached hydrogens (tertiary/aromatic N) is 2. The number of halogens is 1. The molecule has 0 saturated heterocycles. The van der Waals surface area contributed by atoms with Crippen molar-refractivity contribution in [1.29, 1.82) is 0 Å². The maximum Gasteiger partial charge on any atom is 0.248 e. The molecule has 1 aromatic heterocycles. The first-order valence-electron chi connectivity index (χ1n) is 4.38. The molecule has 0 bridgehead atoms. The molecule has 0 aliphatic rings. The van der Waals surface area contributed by atoms with Crippen LogP contribution < -0.4 is 11.1 Å². The minimum Gasteiger partial charge on any atom is -0.368 e. The molecule has 78 valence electrons. The summed E-state index contributed by atoms with van der Waals surface area (Å²) in [4.78, 5) is 3.96. The summed E-state index contributed by atoms with van der Waals surface area (Å²) in [6, 6.07) is 8.08. The van der Waals surface area contributed by atoms with E-state index in [1.165, 1.54) is 5.56 Å². The Morgan fingerprint density at radius 2 is 2.33 bits per heavy atom. The van der Waals surface area contributed by atoms with E-state index in [0.29, 0.717) is 11.9 Å². The number of nitrogens with two attached hydrogens (primary N) is 1. The summed E-state index contributed by atoms with van der Waals surface area (Å²) >= 11 is 2.32.